The quantitative estimate of drug-likeness (QED) is 0.807. The van der Waals surface area contributed by atoms with Gasteiger partial charge in [-0.2, -0.15) is 0 Å². The summed E-state index contributed by atoms with van der Waals surface area (Å²) in [5.41, 5.74) is 8.58. The van der Waals surface area contributed by atoms with E-state index >= 15 is 0 Å². The zero-order chi connectivity index (χ0) is 12.6. The van der Waals surface area contributed by atoms with E-state index in [0.717, 1.165) is 13.0 Å². The minimum Gasteiger partial charge on any atom is -0.330 e. The summed E-state index contributed by atoms with van der Waals surface area (Å²) in [6.45, 7) is 4.39. The van der Waals surface area contributed by atoms with Crippen LogP contribution in [-0.2, 0) is 6.42 Å². The predicted octanol–water partition coefficient (Wildman–Crippen LogP) is 2.60. The zero-order valence-electron chi connectivity index (χ0n) is 11.1. The molecule has 0 aromatic heterocycles. The molecule has 2 nitrogen and oxygen atoms in total. The molecule has 0 aliphatic carbocycles. The van der Waals surface area contributed by atoms with Gasteiger partial charge in [0.2, 0.25) is 0 Å². The van der Waals surface area contributed by atoms with E-state index in [1.807, 2.05) is 0 Å². The van der Waals surface area contributed by atoms with Gasteiger partial charge >= 0.3 is 0 Å². The minimum absolute atomic E-state index is 0.779. The third-order valence-electron chi connectivity index (χ3n) is 3.66. The number of hydrogen-bond acceptors (Lipinski definition) is 2. The molecule has 18 heavy (non-hydrogen) atoms. The van der Waals surface area contributed by atoms with Crippen LogP contribution in [0.4, 0.5) is 0 Å². The molecule has 2 N–H and O–H groups in total. The Balaban J connectivity index is 1.71. The van der Waals surface area contributed by atoms with Crippen molar-refractivity contribution in [1.29, 1.82) is 0 Å². The van der Waals surface area contributed by atoms with Gasteiger partial charge in [-0.15, -0.1) is 0 Å². The molecule has 1 aliphatic rings. The molecule has 0 saturated carbocycles. The summed E-state index contributed by atoms with van der Waals surface area (Å²) in [5, 5.41) is 0. The molecule has 1 heterocycles. The van der Waals surface area contributed by atoms with Crippen molar-refractivity contribution in [3.63, 3.8) is 0 Å². The molecule has 1 fully saturated rings. The van der Waals surface area contributed by atoms with Gasteiger partial charge in [0, 0.05) is 19.6 Å². The maximum atomic E-state index is 5.53. The van der Waals surface area contributed by atoms with Crippen molar-refractivity contribution in [3.05, 3.63) is 47.5 Å². The highest BCUT2D eigenvalue weighted by Crippen LogP contribution is 2.16. The van der Waals surface area contributed by atoms with Gasteiger partial charge in [0.1, 0.15) is 0 Å². The van der Waals surface area contributed by atoms with Crippen LogP contribution >= 0.6 is 0 Å². The Morgan fingerprint density at radius 1 is 1.11 bits per heavy atom. The molecule has 1 aromatic carbocycles. The monoisotopic (exact) mass is 244 g/mol. The Labute approximate surface area is 110 Å². The van der Waals surface area contributed by atoms with Gasteiger partial charge in [0.25, 0.3) is 0 Å². The molecule has 0 unspecified atom stereocenters. The van der Waals surface area contributed by atoms with Crippen LogP contribution < -0.4 is 5.73 Å². The van der Waals surface area contributed by atoms with Crippen molar-refractivity contribution in [1.82, 2.24) is 4.90 Å². The van der Waals surface area contributed by atoms with Crippen molar-refractivity contribution in [2.24, 2.45) is 5.73 Å². The van der Waals surface area contributed by atoms with E-state index in [4.69, 9.17) is 5.73 Å². The molecule has 0 atom stereocenters. The van der Waals surface area contributed by atoms with Crippen LogP contribution in [0.15, 0.2) is 42.0 Å². The van der Waals surface area contributed by atoms with E-state index < -0.39 is 0 Å². The summed E-state index contributed by atoms with van der Waals surface area (Å²) in [4.78, 5) is 2.58. The largest absolute Gasteiger partial charge is 0.330 e. The second kappa shape index (κ2) is 7.34. The summed E-state index contributed by atoms with van der Waals surface area (Å²) in [5.74, 6) is 0. The Morgan fingerprint density at radius 2 is 1.83 bits per heavy atom. The third-order valence-corrected chi connectivity index (χ3v) is 3.66. The number of piperidine rings is 1. The minimum atomic E-state index is 0.779. The third kappa shape index (κ3) is 4.28. The fourth-order valence-corrected chi connectivity index (χ4v) is 2.49. The number of nitrogens with two attached hydrogens (primary N) is 1. The fourth-order valence-electron chi connectivity index (χ4n) is 2.49. The lowest BCUT2D eigenvalue weighted by molar-refractivity contribution is 0.259. The molecule has 2 rings (SSSR count). The molecule has 1 saturated heterocycles. The number of rotatable bonds is 5. The van der Waals surface area contributed by atoms with Crippen LogP contribution in [0.25, 0.3) is 0 Å². The van der Waals surface area contributed by atoms with E-state index in [-0.39, 0.29) is 0 Å². The standard InChI is InChI=1S/C16H24N2/c17-11-4-7-16-9-13-18(14-10-16)12-8-15-5-2-1-3-6-15/h1-3,5-7H,4,8-14,17H2. The first-order valence-corrected chi connectivity index (χ1v) is 7.03. The first kappa shape index (κ1) is 13.3. The van der Waals surface area contributed by atoms with Gasteiger partial charge in [-0.1, -0.05) is 42.0 Å². The molecule has 0 bridgehead atoms. The van der Waals surface area contributed by atoms with E-state index in [9.17, 15) is 0 Å². The van der Waals surface area contributed by atoms with Crippen LogP contribution in [0.1, 0.15) is 24.8 Å². The summed E-state index contributed by atoms with van der Waals surface area (Å²) in [7, 11) is 0. The van der Waals surface area contributed by atoms with Gasteiger partial charge < -0.3 is 10.6 Å². The Hall–Kier alpha value is -1.12. The summed E-state index contributed by atoms with van der Waals surface area (Å²) in [6, 6.07) is 10.8. The van der Waals surface area contributed by atoms with Crippen molar-refractivity contribution in [2.45, 2.75) is 25.7 Å². The van der Waals surface area contributed by atoms with Gasteiger partial charge in [0.15, 0.2) is 0 Å². The smallest absolute Gasteiger partial charge is 0.00221 e. The summed E-state index contributed by atoms with van der Waals surface area (Å²) in [6.07, 6.45) is 7.01. The average Bonchev–Trinajstić information content (AvgIpc) is 2.45. The second-order valence-electron chi connectivity index (χ2n) is 5.02. The number of likely N-dealkylation sites (tertiary alicyclic amines) is 1. The molecule has 0 amide bonds. The number of nitrogens with zero attached hydrogens (tertiary/aromatic N) is 1. The van der Waals surface area contributed by atoms with E-state index in [1.54, 1.807) is 5.57 Å². The lowest BCUT2D eigenvalue weighted by Crippen LogP contribution is -2.32. The van der Waals surface area contributed by atoms with E-state index in [0.29, 0.717) is 0 Å². The highest BCUT2D eigenvalue weighted by molar-refractivity contribution is 5.15. The molecular weight excluding hydrogens is 220 g/mol. The maximum Gasteiger partial charge on any atom is 0.00221 e. The number of hydrogen-bond donors (Lipinski definition) is 1. The maximum absolute atomic E-state index is 5.53. The Morgan fingerprint density at radius 3 is 2.50 bits per heavy atom. The summed E-state index contributed by atoms with van der Waals surface area (Å²) < 4.78 is 0. The highest BCUT2D eigenvalue weighted by Gasteiger charge is 2.12. The van der Waals surface area contributed by atoms with Crippen LogP contribution in [0.2, 0.25) is 0 Å². The highest BCUT2D eigenvalue weighted by atomic mass is 15.1. The Bertz CT molecular complexity index is 360. The second-order valence-corrected chi connectivity index (χ2v) is 5.02. The van der Waals surface area contributed by atoms with Crippen molar-refractivity contribution in [3.8, 4) is 0 Å². The lowest BCUT2D eigenvalue weighted by Gasteiger charge is -2.28. The normalized spacial score (nSPS) is 16.8. The topological polar surface area (TPSA) is 29.3 Å². The average molecular weight is 244 g/mol. The molecule has 1 aliphatic heterocycles. The molecule has 0 spiro atoms. The first-order valence-electron chi connectivity index (χ1n) is 7.03. The van der Waals surface area contributed by atoms with Crippen LogP contribution in [0.3, 0.4) is 0 Å². The number of benzene rings is 1. The van der Waals surface area contributed by atoms with Crippen LogP contribution in [-0.4, -0.2) is 31.1 Å². The fraction of sp³-hybridized carbons (Fsp3) is 0.500. The van der Waals surface area contributed by atoms with E-state index in [1.165, 1.54) is 44.5 Å². The SMILES string of the molecule is NCCC=C1CCN(CCc2ccccc2)CC1. The van der Waals surface area contributed by atoms with Crippen molar-refractivity contribution >= 4 is 0 Å². The van der Waals surface area contributed by atoms with E-state index in [2.05, 4.69) is 41.3 Å². The van der Waals surface area contributed by atoms with Crippen molar-refractivity contribution < 1.29 is 0 Å². The molecular formula is C16H24N2. The predicted molar refractivity (Wildman–Crippen MR) is 77.6 cm³/mol. The molecule has 0 radical (unpaired) electrons. The van der Waals surface area contributed by atoms with Crippen LogP contribution in [0, 0.1) is 0 Å². The molecule has 98 valence electrons. The first-order chi connectivity index (χ1) is 8.88. The van der Waals surface area contributed by atoms with Gasteiger partial charge in [-0.3, -0.25) is 0 Å². The molecule has 2 heteroatoms. The molecule has 1 aromatic rings. The van der Waals surface area contributed by atoms with Gasteiger partial charge in [0.05, 0.1) is 0 Å². The van der Waals surface area contributed by atoms with Gasteiger partial charge in [-0.05, 0) is 37.8 Å². The van der Waals surface area contributed by atoms with Crippen LogP contribution in [0.5, 0.6) is 0 Å². The zero-order valence-corrected chi connectivity index (χ0v) is 11.1. The van der Waals surface area contributed by atoms with Crippen molar-refractivity contribution in [2.75, 3.05) is 26.2 Å². The Kier molecular flexibility index (Phi) is 5.43. The van der Waals surface area contributed by atoms with Gasteiger partial charge in [-0.25, -0.2) is 0 Å². The summed E-state index contributed by atoms with van der Waals surface area (Å²) >= 11 is 0. The lowest BCUT2D eigenvalue weighted by atomic mass is 10.0.